The molecule has 7 heteroatoms. The minimum atomic E-state index is -3.73. The Hall–Kier alpha value is -1.60. The molecule has 0 radical (unpaired) electrons. The average Bonchev–Trinajstić information content (AvgIpc) is 2.17. The maximum Gasteiger partial charge on any atom is 0.243 e. The lowest BCUT2D eigenvalue weighted by atomic mass is 10.3. The molecule has 1 rings (SSSR count). The highest BCUT2D eigenvalue weighted by Gasteiger charge is 2.21. The fraction of sp³-hybridized carbons (Fsp3) is 0.222. The second kappa shape index (κ2) is 4.50. The summed E-state index contributed by atoms with van der Waals surface area (Å²) >= 11 is 0. The Balaban J connectivity index is 3.02. The first-order valence-corrected chi connectivity index (χ1v) is 5.81. The topological polar surface area (TPSA) is 101 Å². The van der Waals surface area contributed by atoms with Crippen molar-refractivity contribution in [2.75, 3.05) is 13.6 Å². The summed E-state index contributed by atoms with van der Waals surface area (Å²) in [5.41, 5.74) is 4.91. The van der Waals surface area contributed by atoms with E-state index >= 15 is 0 Å². The van der Waals surface area contributed by atoms with Crippen LogP contribution in [0.25, 0.3) is 0 Å². The smallest absolute Gasteiger partial charge is 0.243 e. The van der Waals surface area contributed by atoms with Crippen LogP contribution in [-0.2, 0) is 14.8 Å². The number of likely N-dealkylation sites (N-methyl/N-ethyl adjacent to an activating group) is 1. The number of rotatable bonds is 4. The maximum absolute atomic E-state index is 11.8. The quantitative estimate of drug-likeness (QED) is 0.745. The van der Waals surface area contributed by atoms with E-state index in [1.54, 1.807) is 0 Å². The van der Waals surface area contributed by atoms with E-state index in [4.69, 9.17) is 10.8 Å². The molecule has 1 aromatic carbocycles. The summed E-state index contributed by atoms with van der Waals surface area (Å²) in [6, 6.07) is 5.01. The van der Waals surface area contributed by atoms with Gasteiger partial charge in [0.15, 0.2) is 0 Å². The molecular formula is C9H12N2O4S. The summed E-state index contributed by atoms with van der Waals surface area (Å²) in [5, 5.41) is 9.02. The number of hydrogen-bond donors (Lipinski definition) is 2. The zero-order chi connectivity index (χ0) is 12.3. The number of nitrogens with two attached hydrogens (primary N) is 1. The van der Waals surface area contributed by atoms with Gasteiger partial charge in [-0.2, -0.15) is 4.31 Å². The Bertz CT molecular complexity index is 481. The molecule has 0 saturated heterocycles. The van der Waals surface area contributed by atoms with Crippen LogP contribution < -0.4 is 5.73 Å². The molecule has 0 unspecified atom stereocenters. The largest absolute Gasteiger partial charge is 0.508 e. The van der Waals surface area contributed by atoms with Gasteiger partial charge in [-0.1, -0.05) is 0 Å². The Morgan fingerprint density at radius 3 is 2.31 bits per heavy atom. The van der Waals surface area contributed by atoms with Gasteiger partial charge in [-0.3, -0.25) is 4.79 Å². The van der Waals surface area contributed by atoms with E-state index in [1.807, 2.05) is 0 Å². The number of primary amides is 1. The molecule has 6 nitrogen and oxygen atoms in total. The monoisotopic (exact) mass is 244 g/mol. The predicted molar refractivity (Wildman–Crippen MR) is 57.1 cm³/mol. The van der Waals surface area contributed by atoms with Gasteiger partial charge < -0.3 is 10.8 Å². The Labute approximate surface area is 93.3 Å². The van der Waals surface area contributed by atoms with Gasteiger partial charge in [-0.25, -0.2) is 8.42 Å². The van der Waals surface area contributed by atoms with E-state index < -0.39 is 15.9 Å². The molecule has 0 atom stereocenters. The second-order valence-corrected chi connectivity index (χ2v) is 5.27. The van der Waals surface area contributed by atoms with E-state index in [-0.39, 0.29) is 17.2 Å². The van der Waals surface area contributed by atoms with Gasteiger partial charge in [0, 0.05) is 7.05 Å². The van der Waals surface area contributed by atoms with Gasteiger partial charge in [-0.05, 0) is 24.3 Å². The zero-order valence-electron chi connectivity index (χ0n) is 8.62. The zero-order valence-corrected chi connectivity index (χ0v) is 9.44. The first-order chi connectivity index (χ1) is 7.34. The normalized spacial score (nSPS) is 11.6. The van der Waals surface area contributed by atoms with Crippen molar-refractivity contribution >= 4 is 15.9 Å². The molecule has 0 aliphatic rings. The number of nitrogens with zero attached hydrogens (tertiary/aromatic N) is 1. The molecule has 88 valence electrons. The summed E-state index contributed by atoms with van der Waals surface area (Å²) in [6.07, 6.45) is 0. The van der Waals surface area contributed by atoms with E-state index in [2.05, 4.69) is 0 Å². The van der Waals surface area contributed by atoms with E-state index in [0.29, 0.717) is 0 Å². The standard InChI is InChI=1S/C9H12N2O4S/c1-11(6-9(10)13)16(14,15)8-4-2-7(12)3-5-8/h2-5,12H,6H2,1H3,(H2,10,13). The third-order valence-corrected chi connectivity index (χ3v) is 3.74. The molecule has 0 bridgehead atoms. The summed E-state index contributed by atoms with van der Waals surface area (Å²) < 4.78 is 24.5. The molecule has 0 fully saturated rings. The molecular weight excluding hydrogens is 232 g/mol. The van der Waals surface area contributed by atoms with Crippen LogP contribution in [0.5, 0.6) is 5.75 Å². The number of phenolic OH excluding ortho intramolecular Hbond substituents is 1. The Kier molecular flexibility index (Phi) is 3.51. The lowest BCUT2D eigenvalue weighted by molar-refractivity contribution is -0.118. The van der Waals surface area contributed by atoms with Gasteiger partial charge in [0.25, 0.3) is 0 Å². The van der Waals surface area contributed by atoms with Gasteiger partial charge >= 0.3 is 0 Å². The summed E-state index contributed by atoms with van der Waals surface area (Å²) in [4.78, 5) is 10.6. The molecule has 16 heavy (non-hydrogen) atoms. The molecule has 0 aromatic heterocycles. The molecule has 3 N–H and O–H groups in total. The third kappa shape index (κ3) is 2.71. The summed E-state index contributed by atoms with van der Waals surface area (Å²) in [5.74, 6) is -0.763. The fourth-order valence-corrected chi connectivity index (χ4v) is 2.24. The van der Waals surface area contributed by atoms with E-state index in [1.165, 1.54) is 31.3 Å². The molecule has 0 aliphatic heterocycles. The van der Waals surface area contributed by atoms with Crippen molar-refractivity contribution in [3.8, 4) is 5.75 Å². The number of hydrogen-bond acceptors (Lipinski definition) is 4. The molecule has 0 aliphatic carbocycles. The van der Waals surface area contributed by atoms with Crippen LogP contribution in [0.15, 0.2) is 29.2 Å². The van der Waals surface area contributed by atoms with Gasteiger partial charge in [0.1, 0.15) is 5.75 Å². The van der Waals surface area contributed by atoms with Crippen LogP contribution in [0, 0.1) is 0 Å². The van der Waals surface area contributed by atoms with Crippen LogP contribution in [0.3, 0.4) is 0 Å². The average molecular weight is 244 g/mol. The number of carbonyl (C=O) groups excluding carboxylic acids is 1. The first-order valence-electron chi connectivity index (χ1n) is 4.37. The van der Waals surface area contributed by atoms with E-state index in [0.717, 1.165) is 4.31 Å². The van der Waals surface area contributed by atoms with Crippen molar-refractivity contribution in [3.63, 3.8) is 0 Å². The van der Waals surface area contributed by atoms with Crippen molar-refractivity contribution in [1.29, 1.82) is 0 Å². The number of benzene rings is 1. The van der Waals surface area contributed by atoms with Gasteiger partial charge in [0.2, 0.25) is 15.9 Å². The van der Waals surface area contributed by atoms with Crippen LogP contribution in [0.1, 0.15) is 0 Å². The first kappa shape index (κ1) is 12.5. The molecule has 0 heterocycles. The highest BCUT2D eigenvalue weighted by Crippen LogP contribution is 2.17. The van der Waals surface area contributed by atoms with Crippen molar-refractivity contribution in [2.45, 2.75) is 4.90 Å². The lowest BCUT2D eigenvalue weighted by Crippen LogP contribution is -2.35. The fourth-order valence-electron chi connectivity index (χ4n) is 1.10. The minimum absolute atomic E-state index is 0.00551. The highest BCUT2D eigenvalue weighted by molar-refractivity contribution is 7.89. The molecule has 1 aromatic rings. The van der Waals surface area contributed by atoms with Crippen LogP contribution in [-0.4, -0.2) is 37.3 Å². The van der Waals surface area contributed by atoms with Gasteiger partial charge in [-0.15, -0.1) is 0 Å². The van der Waals surface area contributed by atoms with Crippen LogP contribution in [0.4, 0.5) is 0 Å². The Morgan fingerprint density at radius 1 is 1.38 bits per heavy atom. The number of carbonyl (C=O) groups is 1. The predicted octanol–water partition coefficient (Wildman–Crippen LogP) is -0.502. The Morgan fingerprint density at radius 2 is 1.88 bits per heavy atom. The van der Waals surface area contributed by atoms with Crippen molar-refractivity contribution < 1.29 is 18.3 Å². The SMILES string of the molecule is CN(CC(N)=O)S(=O)(=O)c1ccc(O)cc1. The minimum Gasteiger partial charge on any atom is -0.508 e. The molecule has 1 amide bonds. The van der Waals surface area contributed by atoms with Crippen LogP contribution >= 0.6 is 0 Å². The molecule has 0 saturated carbocycles. The summed E-state index contributed by atoms with van der Waals surface area (Å²) in [7, 11) is -2.47. The van der Waals surface area contributed by atoms with Crippen molar-refractivity contribution in [3.05, 3.63) is 24.3 Å². The summed E-state index contributed by atoms with van der Waals surface area (Å²) in [6.45, 7) is -0.386. The van der Waals surface area contributed by atoms with Crippen molar-refractivity contribution in [2.24, 2.45) is 5.73 Å². The molecule has 0 spiro atoms. The number of aromatic hydroxyl groups is 1. The highest BCUT2D eigenvalue weighted by atomic mass is 32.2. The maximum atomic E-state index is 11.8. The lowest BCUT2D eigenvalue weighted by Gasteiger charge is -2.15. The number of phenols is 1. The van der Waals surface area contributed by atoms with Crippen molar-refractivity contribution in [1.82, 2.24) is 4.31 Å². The second-order valence-electron chi connectivity index (χ2n) is 3.22. The van der Waals surface area contributed by atoms with E-state index in [9.17, 15) is 13.2 Å². The number of sulfonamides is 1. The van der Waals surface area contributed by atoms with Crippen LogP contribution in [0.2, 0.25) is 0 Å². The van der Waals surface area contributed by atoms with Gasteiger partial charge in [0.05, 0.1) is 11.4 Å². The number of amides is 1. The third-order valence-electron chi connectivity index (χ3n) is 1.92.